The van der Waals surface area contributed by atoms with Crippen LogP contribution in [0.1, 0.15) is 38.2 Å². The summed E-state index contributed by atoms with van der Waals surface area (Å²) in [5.74, 6) is -0.350. The summed E-state index contributed by atoms with van der Waals surface area (Å²) >= 11 is 5.61. The number of hydrogen-bond donors (Lipinski definition) is 2. The number of hydrogen-bond acceptors (Lipinski definition) is 4. The van der Waals surface area contributed by atoms with E-state index in [9.17, 15) is 22.8 Å². The first-order valence-corrected chi connectivity index (χ1v) is 10.9. The maximum absolute atomic E-state index is 13.0. The molecular weight excluding hydrogens is 433 g/mol. The van der Waals surface area contributed by atoms with Crippen LogP contribution in [0.25, 0.3) is 0 Å². The molecular formula is C21H28ClF3N4O2. The first-order valence-electron chi connectivity index (χ1n) is 10.6. The molecule has 1 saturated carbocycles. The van der Waals surface area contributed by atoms with E-state index in [0.717, 1.165) is 37.8 Å². The second-order valence-electron chi connectivity index (χ2n) is 8.22. The second-order valence-corrected chi connectivity index (χ2v) is 8.63. The van der Waals surface area contributed by atoms with Crippen LogP contribution in [0.2, 0.25) is 5.02 Å². The predicted molar refractivity (Wildman–Crippen MR) is 113 cm³/mol. The fraction of sp³-hybridized carbons (Fsp3) is 0.619. The highest BCUT2D eigenvalue weighted by Crippen LogP contribution is 2.36. The lowest BCUT2D eigenvalue weighted by Gasteiger charge is -2.37. The van der Waals surface area contributed by atoms with Gasteiger partial charge < -0.3 is 10.6 Å². The molecule has 1 atom stereocenters. The average molecular weight is 461 g/mol. The van der Waals surface area contributed by atoms with Gasteiger partial charge in [0, 0.05) is 37.9 Å². The highest BCUT2D eigenvalue weighted by molar-refractivity contribution is 6.31. The number of halogens is 4. The van der Waals surface area contributed by atoms with Crippen molar-refractivity contribution in [3.8, 4) is 0 Å². The molecule has 1 aliphatic heterocycles. The lowest BCUT2D eigenvalue weighted by molar-refractivity contribution is -0.137. The molecule has 6 nitrogen and oxygen atoms in total. The Morgan fingerprint density at radius 3 is 2.42 bits per heavy atom. The van der Waals surface area contributed by atoms with E-state index in [1.54, 1.807) is 0 Å². The molecule has 1 unspecified atom stereocenters. The first-order chi connectivity index (χ1) is 14.6. The van der Waals surface area contributed by atoms with Crippen LogP contribution in [0, 0.1) is 0 Å². The van der Waals surface area contributed by atoms with E-state index in [4.69, 9.17) is 11.6 Å². The Morgan fingerprint density at radius 1 is 1.16 bits per heavy atom. The highest BCUT2D eigenvalue weighted by Gasteiger charge is 2.33. The zero-order valence-electron chi connectivity index (χ0n) is 17.5. The topological polar surface area (TPSA) is 64.7 Å². The van der Waals surface area contributed by atoms with Crippen LogP contribution in [0.4, 0.5) is 18.9 Å². The molecule has 31 heavy (non-hydrogen) atoms. The predicted octanol–water partition coefficient (Wildman–Crippen LogP) is 3.36. The second kappa shape index (κ2) is 10.2. The van der Waals surface area contributed by atoms with E-state index in [-0.39, 0.29) is 30.2 Å². The highest BCUT2D eigenvalue weighted by atomic mass is 35.5. The standard InChI is InChI=1S/C21H28ClF3N4O2/c1-14(20(31)27-15-4-2-3-5-15)29-10-8-28(9-11-29)13-19(30)26-16-6-7-18(22)17(12-16)21(23,24)25/h6-7,12,14-15H,2-5,8-11,13H2,1H3,(H,26,30)(H,27,31). The van der Waals surface area contributed by atoms with Gasteiger partial charge in [-0.3, -0.25) is 19.4 Å². The fourth-order valence-electron chi connectivity index (χ4n) is 4.09. The summed E-state index contributed by atoms with van der Waals surface area (Å²) in [7, 11) is 0. The van der Waals surface area contributed by atoms with Gasteiger partial charge in [0.1, 0.15) is 0 Å². The number of carbonyl (C=O) groups excluding carboxylic acids is 2. The number of nitrogens with one attached hydrogen (secondary N) is 2. The van der Waals surface area contributed by atoms with Crippen molar-refractivity contribution >= 4 is 29.1 Å². The van der Waals surface area contributed by atoms with Gasteiger partial charge >= 0.3 is 6.18 Å². The number of amides is 2. The van der Waals surface area contributed by atoms with Crippen molar-refractivity contribution in [2.24, 2.45) is 0 Å². The van der Waals surface area contributed by atoms with Crippen LogP contribution in [0.5, 0.6) is 0 Å². The molecule has 1 aromatic rings. The Labute approximate surface area is 185 Å². The molecule has 0 bridgehead atoms. The number of anilines is 1. The first kappa shape index (κ1) is 23.8. The molecule has 2 aliphatic rings. The monoisotopic (exact) mass is 460 g/mol. The van der Waals surface area contributed by atoms with Gasteiger partial charge in [0.2, 0.25) is 11.8 Å². The third-order valence-corrected chi connectivity index (χ3v) is 6.29. The van der Waals surface area contributed by atoms with Crippen LogP contribution in [0.3, 0.4) is 0 Å². The molecule has 2 N–H and O–H groups in total. The van der Waals surface area contributed by atoms with Gasteiger partial charge in [-0.2, -0.15) is 13.2 Å². The molecule has 1 aliphatic carbocycles. The van der Waals surface area contributed by atoms with Crippen LogP contribution in [0.15, 0.2) is 18.2 Å². The number of carbonyl (C=O) groups is 2. The summed E-state index contributed by atoms with van der Waals surface area (Å²) in [5.41, 5.74) is -0.928. The molecule has 2 fully saturated rings. The molecule has 172 valence electrons. The summed E-state index contributed by atoms with van der Waals surface area (Å²) in [5, 5.41) is 5.21. The SMILES string of the molecule is CC(C(=O)NC1CCCC1)N1CCN(CC(=O)Nc2ccc(Cl)c(C(F)(F)F)c2)CC1. The van der Waals surface area contributed by atoms with Gasteiger partial charge in [-0.25, -0.2) is 0 Å². The molecule has 1 aromatic carbocycles. The van der Waals surface area contributed by atoms with Gasteiger partial charge in [0.05, 0.1) is 23.2 Å². The van der Waals surface area contributed by atoms with Crippen LogP contribution in [-0.4, -0.2) is 66.4 Å². The number of rotatable bonds is 6. The molecule has 1 heterocycles. The Morgan fingerprint density at radius 2 is 1.81 bits per heavy atom. The summed E-state index contributed by atoms with van der Waals surface area (Å²) < 4.78 is 38.9. The van der Waals surface area contributed by atoms with Crippen LogP contribution >= 0.6 is 11.6 Å². The maximum Gasteiger partial charge on any atom is 0.417 e. The zero-order chi connectivity index (χ0) is 22.6. The van der Waals surface area contributed by atoms with E-state index >= 15 is 0 Å². The summed E-state index contributed by atoms with van der Waals surface area (Å²) in [6, 6.07) is 3.36. The van der Waals surface area contributed by atoms with Crippen molar-refractivity contribution in [3.05, 3.63) is 28.8 Å². The van der Waals surface area contributed by atoms with Gasteiger partial charge in [0.15, 0.2) is 0 Å². The number of nitrogens with zero attached hydrogens (tertiary/aromatic N) is 2. The number of piperazine rings is 1. The molecule has 10 heteroatoms. The number of alkyl halides is 3. The molecule has 2 amide bonds. The van der Waals surface area contributed by atoms with Crippen molar-refractivity contribution in [1.29, 1.82) is 0 Å². The molecule has 0 spiro atoms. The summed E-state index contributed by atoms with van der Waals surface area (Å²) in [6.45, 7) is 4.45. The third-order valence-electron chi connectivity index (χ3n) is 5.96. The van der Waals surface area contributed by atoms with Crippen LogP contribution in [-0.2, 0) is 15.8 Å². The molecule has 0 aromatic heterocycles. The lowest BCUT2D eigenvalue weighted by Crippen LogP contribution is -2.55. The summed E-state index contributed by atoms with van der Waals surface area (Å²) in [6.07, 6.45) is -0.186. The van der Waals surface area contributed by atoms with Crippen molar-refractivity contribution in [2.75, 3.05) is 38.0 Å². The van der Waals surface area contributed by atoms with Crippen molar-refractivity contribution in [3.63, 3.8) is 0 Å². The zero-order valence-corrected chi connectivity index (χ0v) is 18.2. The molecule has 0 radical (unpaired) electrons. The maximum atomic E-state index is 13.0. The molecule has 3 rings (SSSR count). The van der Waals surface area contributed by atoms with Crippen molar-refractivity contribution < 1.29 is 22.8 Å². The van der Waals surface area contributed by atoms with E-state index in [2.05, 4.69) is 15.5 Å². The van der Waals surface area contributed by atoms with E-state index in [0.29, 0.717) is 26.2 Å². The van der Waals surface area contributed by atoms with E-state index < -0.39 is 22.7 Å². The van der Waals surface area contributed by atoms with E-state index in [1.807, 2.05) is 11.8 Å². The van der Waals surface area contributed by atoms with Crippen molar-refractivity contribution in [2.45, 2.75) is 50.9 Å². The minimum atomic E-state index is -4.59. The largest absolute Gasteiger partial charge is 0.417 e. The van der Waals surface area contributed by atoms with Gasteiger partial charge in [0.25, 0.3) is 0 Å². The van der Waals surface area contributed by atoms with Gasteiger partial charge in [-0.15, -0.1) is 0 Å². The average Bonchev–Trinajstić information content (AvgIpc) is 3.21. The smallest absolute Gasteiger partial charge is 0.352 e. The Bertz CT molecular complexity index is 791. The van der Waals surface area contributed by atoms with Crippen LogP contribution < -0.4 is 10.6 Å². The fourth-order valence-corrected chi connectivity index (χ4v) is 4.32. The van der Waals surface area contributed by atoms with Gasteiger partial charge in [-0.05, 0) is 38.0 Å². The van der Waals surface area contributed by atoms with E-state index in [1.165, 1.54) is 6.07 Å². The normalized spacial score (nSPS) is 19.9. The lowest BCUT2D eigenvalue weighted by atomic mass is 10.2. The Kier molecular flexibility index (Phi) is 7.82. The Hall–Kier alpha value is -1.84. The van der Waals surface area contributed by atoms with Crippen molar-refractivity contribution in [1.82, 2.24) is 15.1 Å². The minimum absolute atomic E-state index is 0.0429. The minimum Gasteiger partial charge on any atom is -0.352 e. The van der Waals surface area contributed by atoms with Gasteiger partial charge in [-0.1, -0.05) is 24.4 Å². The molecule has 1 saturated heterocycles. The third kappa shape index (κ3) is 6.57. The Balaban J connectivity index is 1.45. The summed E-state index contributed by atoms with van der Waals surface area (Å²) in [4.78, 5) is 28.8. The number of benzene rings is 1. The quantitative estimate of drug-likeness (QED) is 0.683.